The number of rotatable bonds is 4. The van der Waals surface area contributed by atoms with Crippen molar-refractivity contribution in [3.05, 3.63) is 35.9 Å². The molecule has 1 aromatic rings. The minimum atomic E-state index is -2.97. The summed E-state index contributed by atoms with van der Waals surface area (Å²) in [6.45, 7) is 0. The molecule has 0 bridgehead atoms. The lowest BCUT2D eigenvalue weighted by Crippen LogP contribution is -2.34. The Bertz CT molecular complexity index is 581. The van der Waals surface area contributed by atoms with Gasteiger partial charge in [0, 0.05) is 6.26 Å². The van der Waals surface area contributed by atoms with Crippen LogP contribution in [0.4, 0.5) is 0 Å². The van der Waals surface area contributed by atoms with Crippen LogP contribution in [-0.4, -0.2) is 31.1 Å². The van der Waals surface area contributed by atoms with E-state index >= 15 is 0 Å². The number of hydrogen-bond acceptors (Lipinski definition) is 3. The van der Waals surface area contributed by atoms with Crippen molar-refractivity contribution in [3.63, 3.8) is 0 Å². The minimum Gasteiger partial charge on any atom is -0.393 e. The lowest BCUT2D eigenvalue weighted by atomic mass is 9.82. The van der Waals surface area contributed by atoms with E-state index in [9.17, 15) is 13.5 Å². The van der Waals surface area contributed by atoms with Crippen molar-refractivity contribution in [3.8, 4) is 0 Å². The molecule has 116 valence electrons. The van der Waals surface area contributed by atoms with Gasteiger partial charge in [0.15, 0.2) is 0 Å². The van der Waals surface area contributed by atoms with Crippen molar-refractivity contribution in [2.24, 2.45) is 11.8 Å². The highest BCUT2D eigenvalue weighted by atomic mass is 32.2. The first-order valence-corrected chi connectivity index (χ1v) is 9.84. The van der Waals surface area contributed by atoms with Crippen LogP contribution in [0.1, 0.15) is 43.6 Å². The lowest BCUT2D eigenvalue weighted by molar-refractivity contribution is 0.0650. The van der Waals surface area contributed by atoms with E-state index in [1.165, 1.54) is 11.8 Å². The molecule has 5 atom stereocenters. The number of sulfone groups is 1. The van der Waals surface area contributed by atoms with Gasteiger partial charge < -0.3 is 5.11 Å². The molecule has 0 amide bonds. The van der Waals surface area contributed by atoms with Gasteiger partial charge in [-0.3, -0.25) is 0 Å². The second-order valence-electron chi connectivity index (χ2n) is 6.79. The van der Waals surface area contributed by atoms with Crippen LogP contribution in [-0.2, 0) is 9.84 Å². The van der Waals surface area contributed by atoms with Crippen LogP contribution in [0, 0.1) is 11.8 Å². The molecule has 2 aliphatic carbocycles. The summed E-state index contributed by atoms with van der Waals surface area (Å²) in [6, 6.07) is 10.3. The van der Waals surface area contributed by atoms with E-state index in [4.69, 9.17) is 0 Å². The molecule has 5 unspecified atom stereocenters. The fourth-order valence-electron chi connectivity index (χ4n) is 3.91. The number of aliphatic hydroxyl groups excluding tert-OH is 1. The maximum absolute atomic E-state index is 11.7. The fraction of sp³-hybridized carbons (Fsp3) is 0.647. The second kappa shape index (κ2) is 5.73. The van der Waals surface area contributed by atoms with Gasteiger partial charge in [0.25, 0.3) is 0 Å². The third kappa shape index (κ3) is 3.32. The zero-order valence-corrected chi connectivity index (χ0v) is 13.3. The summed E-state index contributed by atoms with van der Waals surface area (Å²) in [5.41, 5.74) is 1.30. The standard InChI is InChI=1S/C17H24O3S/c1-21(19,20)14-9-5-8-13(10-14)17(18)16-11-15(16)12-6-3-2-4-7-12/h2-4,6-7,13-18H,5,8-11H2,1H3. The van der Waals surface area contributed by atoms with Crippen molar-refractivity contribution in [1.29, 1.82) is 0 Å². The van der Waals surface area contributed by atoms with Gasteiger partial charge in [-0.15, -0.1) is 0 Å². The maximum atomic E-state index is 11.7. The Morgan fingerprint density at radius 3 is 2.52 bits per heavy atom. The molecular weight excluding hydrogens is 284 g/mol. The molecule has 0 radical (unpaired) electrons. The molecule has 2 fully saturated rings. The van der Waals surface area contributed by atoms with E-state index in [1.54, 1.807) is 0 Å². The van der Waals surface area contributed by atoms with Gasteiger partial charge in [0.2, 0.25) is 0 Å². The zero-order chi connectivity index (χ0) is 15.0. The predicted molar refractivity (Wildman–Crippen MR) is 83.9 cm³/mol. The highest BCUT2D eigenvalue weighted by Crippen LogP contribution is 2.52. The quantitative estimate of drug-likeness (QED) is 0.930. The molecule has 21 heavy (non-hydrogen) atoms. The third-order valence-corrected chi connectivity index (χ3v) is 6.90. The molecule has 0 spiro atoms. The topological polar surface area (TPSA) is 54.4 Å². The van der Waals surface area contributed by atoms with E-state index < -0.39 is 9.84 Å². The second-order valence-corrected chi connectivity index (χ2v) is 9.11. The van der Waals surface area contributed by atoms with E-state index in [2.05, 4.69) is 12.1 Å². The van der Waals surface area contributed by atoms with Crippen molar-refractivity contribution in [2.75, 3.05) is 6.26 Å². The van der Waals surface area contributed by atoms with Crippen LogP contribution >= 0.6 is 0 Å². The van der Waals surface area contributed by atoms with Crippen molar-refractivity contribution in [1.82, 2.24) is 0 Å². The summed E-state index contributed by atoms with van der Waals surface area (Å²) in [4.78, 5) is 0. The molecule has 0 saturated heterocycles. The molecule has 4 heteroatoms. The normalized spacial score (nSPS) is 34.4. The first kappa shape index (κ1) is 15.0. The van der Waals surface area contributed by atoms with E-state index in [0.717, 1.165) is 25.7 Å². The molecule has 3 nitrogen and oxygen atoms in total. The average molecular weight is 308 g/mol. The summed E-state index contributed by atoms with van der Waals surface area (Å²) >= 11 is 0. The Balaban J connectivity index is 1.63. The van der Waals surface area contributed by atoms with Crippen LogP contribution in [0.5, 0.6) is 0 Å². The van der Waals surface area contributed by atoms with Crippen molar-refractivity contribution < 1.29 is 13.5 Å². The van der Waals surface area contributed by atoms with Gasteiger partial charge in [-0.1, -0.05) is 36.8 Å². The molecular formula is C17H24O3S. The van der Waals surface area contributed by atoms with E-state index in [-0.39, 0.29) is 17.3 Å². The summed E-state index contributed by atoms with van der Waals surface area (Å²) in [6.07, 6.45) is 5.29. The van der Waals surface area contributed by atoms with Crippen LogP contribution in [0.3, 0.4) is 0 Å². The Kier molecular flexibility index (Phi) is 4.10. The summed E-state index contributed by atoms with van der Waals surface area (Å²) in [7, 11) is -2.97. The van der Waals surface area contributed by atoms with Crippen LogP contribution < -0.4 is 0 Å². The molecule has 0 aliphatic heterocycles. The number of hydrogen-bond donors (Lipinski definition) is 1. The highest BCUT2D eigenvalue weighted by molar-refractivity contribution is 7.91. The van der Waals surface area contributed by atoms with Gasteiger partial charge in [0.05, 0.1) is 11.4 Å². The van der Waals surface area contributed by atoms with Crippen LogP contribution in [0.25, 0.3) is 0 Å². The first-order chi connectivity index (χ1) is 9.97. The lowest BCUT2D eigenvalue weighted by Gasteiger charge is -2.31. The molecule has 1 N–H and O–H groups in total. The fourth-order valence-corrected chi connectivity index (χ4v) is 5.10. The van der Waals surface area contributed by atoms with E-state index in [1.807, 2.05) is 18.2 Å². The summed E-state index contributed by atoms with van der Waals surface area (Å²) < 4.78 is 23.5. The Morgan fingerprint density at radius 1 is 1.14 bits per heavy atom. The number of benzene rings is 1. The van der Waals surface area contributed by atoms with Gasteiger partial charge in [-0.05, 0) is 49.0 Å². The first-order valence-electron chi connectivity index (χ1n) is 7.88. The van der Waals surface area contributed by atoms with Gasteiger partial charge in [-0.25, -0.2) is 8.42 Å². The van der Waals surface area contributed by atoms with Crippen molar-refractivity contribution >= 4 is 9.84 Å². The Labute approximate surface area is 127 Å². The predicted octanol–water partition coefficient (Wildman–Crippen LogP) is 2.75. The van der Waals surface area contributed by atoms with Gasteiger partial charge >= 0.3 is 0 Å². The SMILES string of the molecule is CS(=O)(=O)C1CCCC(C(O)C2CC2c2ccccc2)C1. The van der Waals surface area contributed by atoms with Crippen LogP contribution in [0.2, 0.25) is 0 Å². The highest BCUT2D eigenvalue weighted by Gasteiger charge is 2.47. The molecule has 0 heterocycles. The smallest absolute Gasteiger partial charge is 0.150 e. The maximum Gasteiger partial charge on any atom is 0.150 e. The van der Waals surface area contributed by atoms with E-state index in [0.29, 0.717) is 18.3 Å². The minimum absolute atomic E-state index is 0.150. The molecule has 1 aromatic carbocycles. The zero-order valence-electron chi connectivity index (χ0n) is 12.5. The largest absolute Gasteiger partial charge is 0.393 e. The Morgan fingerprint density at radius 2 is 1.86 bits per heavy atom. The molecule has 3 rings (SSSR count). The Hall–Kier alpha value is -0.870. The molecule has 2 saturated carbocycles. The summed E-state index contributed by atoms with van der Waals surface area (Å²) in [5.74, 6) is 0.924. The molecule has 2 aliphatic rings. The number of aliphatic hydroxyl groups is 1. The summed E-state index contributed by atoms with van der Waals surface area (Å²) in [5, 5.41) is 10.4. The monoisotopic (exact) mass is 308 g/mol. The van der Waals surface area contributed by atoms with Crippen molar-refractivity contribution in [2.45, 2.75) is 49.4 Å². The average Bonchev–Trinajstić information content (AvgIpc) is 3.27. The molecule has 0 aromatic heterocycles. The third-order valence-electron chi connectivity index (χ3n) is 5.26. The van der Waals surface area contributed by atoms with Crippen LogP contribution in [0.15, 0.2) is 30.3 Å². The van der Waals surface area contributed by atoms with Gasteiger partial charge in [-0.2, -0.15) is 0 Å². The van der Waals surface area contributed by atoms with Gasteiger partial charge in [0.1, 0.15) is 9.84 Å².